The number of alkyl halides is 1. The van der Waals surface area contributed by atoms with E-state index >= 15 is 0 Å². The van der Waals surface area contributed by atoms with Crippen molar-refractivity contribution in [1.82, 2.24) is 0 Å². The third kappa shape index (κ3) is 2.83. The second-order valence-electron chi connectivity index (χ2n) is 3.01. The fourth-order valence-electron chi connectivity index (χ4n) is 1.44. The molecular formula is C10H13ClN2O2. The number of halogens is 1. The molecule has 0 aliphatic heterocycles. The number of nitro groups is 1. The molecule has 0 radical (unpaired) electrons. The van der Waals surface area contributed by atoms with E-state index in [-0.39, 0.29) is 10.6 Å². The van der Waals surface area contributed by atoms with Crippen LogP contribution < -0.4 is 4.90 Å². The lowest BCUT2D eigenvalue weighted by Crippen LogP contribution is -2.25. The molecule has 0 atom stereocenters. The second kappa shape index (κ2) is 5.56. The zero-order valence-corrected chi connectivity index (χ0v) is 9.28. The van der Waals surface area contributed by atoms with Crippen LogP contribution in [-0.2, 0) is 0 Å². The molecular weight excluding hydrogens is 216 g/mol. The van der Waals surface area contributed by atoms with Gasteiger partial charge in [-0.15, -0.1) is 11.6 Å². The maximum Gasteiger partial charge on any atom is 0.292 e. The minimum atomic E-state index is -0.369. The highest BCUT2D eigenvalue weighted by Crippen LogP contribution is 2.27. The topological polar surface area (TPSA) is 46.4 Å². The lowest BCUT2D eigenvalue weighted by molar-refractivity contribution is -0.384. The molecule has 1 aromatic rings. The highest BCUT2D eigenvalue weighted by atomic mass is 35.5. The lowest BCUT2D eigenvalue weighted by Gasteiger charge is -2.21. The first-order chi connectivity index (χ1) is 7.20. The summed E-state index contributed by atoms with van der Waals surface area (Å²) in [5.41, 5.74) is 0.759. The molecule has 0 saturated heterocycles. The second-order valence-corrected chi connectivity index (χ2v) is 3.39. The Labute approximate surface area is 93.6 Å². The number of rotatable bonds is 5. The van der Waals surface area contributed by atoms with Crippen LogP contribution >= 0.6 is 11.6 Å². The van der Waals surface area contributed by atoms with Crippen LogP contribution in [-0.4, -0.2) is 23.9 Å². The molecule has 4 nitrogen and oxygen atoms in total. The van der Waals surface area contributed by atoms with Crippen LogP contribution in [0.15, 0.2) is 24.3 Å². The first kappa shape index (κ1) is 11.8. The van der Waals surface area contributed by atoms with Crippen LogP contribution in [0, 0.1) is 10.1 Å². The lowest BCUT2D eigenvalue weighted by atomic mass is 10.2. The summed E-state index contributed by atoms with van der Waals surface area (Å²) in [6, 6.07) is 6.70. The molecule has 0 spiro atoms. The molecule has 0 amide bonds. The van der Waals surface area contributed by atoms with Gasteiger partial charge in [0.1, 0.15) is 5.69 Å². The van der Waals surface area contributed by atoms with Gasteiger partial charge in [0.25, 0.3) is 5.69 Å². The Morgan fingerprint density at radius 1 is 1.47 bits per heavy atom. The van der Waals surface area contributed by atoms with Gasteiger partial charge in [-0.25, -0.2) is 0 Å². The van der Waals surface area contributed by atoms with Crippen molar-refractivity contribution in [1.29, 1.82) is 0 Å². The number of nitro benzene ring substituents is 1. The largest absolute Gasteiger partial charge is 0.365 e. The molecule has 0 aliphatic carbocycles. The van der Waals surface area contributed by atoms with Crippen molar-refractivity contribution in [3.63, 3.8) is 0 Å². The van der Waals surface area contributed by atoms with E-state index < -0.39 is 0 Å². The van der Waals surface area contributed by atoms with Gasteiger partial charge in [0.15, 0.2) is 0 Å². The van der Waals surface area contributed by atoms with Crippen LogP contribution in [0.5, 0.6) is 0 Å². The summed E-state index contributed by atoms with van der Waals surface area (Å²) in [4.78, 5) is 12.3. The quantitative estimate of drug-likeness (QED) is 0.442. The monoisotopic (exact) mass is 228 g/mol. The minimum absolute atomic E-state index is 0.129. The molecule has 0 fully saturated rings. The van der Waals surface area contributed by atoms with E-state index in [1.807, 2.05) is 11.8 Å². The summed E-state index contributed by atoms with van der Waals surface area (Å²) >= 11 is 5.65. The third-order valence-electron chi connectivity index (χ3n) is 2.16. The van der Waals surface area contributed by atoms with Gasteiger partial charge in [-0.3, -0.25) is 10.1 Å². The maximum absolute atomic E-state index is 10.8. The number of nitrogens with zero attached hydrogens (tertiary/aromatic N) is 2. The standard InChI is InChI=1S/C10H13ClN2O2/c1-2-12(8-7-11)9-5-3-4-6-10(9)13(14)15/h3-6H,2,7-8H2,1H3. The summed E-state index contributed by atoms with van der Waals surface area (Å²) in [6.07, 6.45) is 0. The van der Waals surface area contributed by atoms with E-state index in [1.54, 1.807) is 18.2 Å². The Hall–Kier alpha value is -1.29. The molecule has 0 unspecified atom stereocenters. The molecule has 5 heteroatoms. The molecule has 82 valence electrons. The number of para-hydroxylation sites is 2. The van der Waals surface area contributed by atoms with Crippen molar-refractivity contribution in [2.45, 2.75) is 6.92 Å². The Kier molecular flexibility index (Phi) is 4.37. The van der Waals surface area contributed by atoms with Crippen molar-refractivity contribution in [3.05, 3.63) is 34.4 Å². The summed E-state index contributed by atoms with van der Waals surface area (Å²) < 4.78 is 0. The summed E-state index contributed by atoms with van der Waals surface area (Å²) in [5, 5.41) is 10.8. The van der Waals surface area contributed by atoms with Gasteiger partial charge in [-0.05, 0) is 13.0 Å². The van der Waals surface area contributed by atoms with Gasteiger partial charge in [0.2, 0.25) is 0 Å². The summed E-state index contributed by atoms with van der Waals surface area (Å²) in [6.45, 7) is 3.27. The summed E-state index contributed by atoms with van der Waals surface area (Å²) in [7, 11) is 0. The predicted molar refractivity (Wildman–Crippen MR) is 61.7 cm³/mol. The molecule has 1 rings (SSSR count). The SMILES string of the molecule is CCN(CCCl)c1ccccc1[N+](=O)[O-]. The van der Waals surface area contributed by atoms with Crippen molar-refractivity contribution in [2.24, 2.45) is 0 Å². The molecule has 0 bridgehead atoms. The van der Waals surface area contributed by atoms with E-state index in [0.717, 1.165) is 0 Å². The smallest absolute Gasteiger partial charge is 0.292 e. The first-order valence-electron chi connectivity index (χ1n) is 4.75. The van der Waals surface area contributed by atoms with E-state index in [2.05, 4.69) is 0 Å². The van der Waals surface area contributed by atoms with Gasteiger partial charge < -0.3 is 4.90 Å². The van der Waals surface area contributed by atoms with E-state index in [0.29, 0.717) is 24.7 Å². The van der Waals surface area contributed by atoms with E-state index in [4.69, 9.17) is 11.6 Å². The molecule has 0 heterocycles. The number of benzene rings is 1. The molecule has 0 saturated carbocycles. The Bertz CT molecular complexity index is 344. The van der Waals surface area contributed by atoms with Crippen LogP contribution in [0.2, 0.25) is 0 Å². The van der Waals surface area contributed by atoms with Crippen molar-refractivity contribution >= 4 is 23.0 Å². The first-order valence-corrected chi connectivity index (χ1v) is 5.28. The molecule has 1 aromatic carbocycles. The average molecular weight is 229 g/mol. The Balaban J connectivity index is 3.04. The highest BCUT2D eigenvalue weighted by molar-refractivity contribution is 6.18. The zero-order chi connectivity index (χ0) is 11.3. The molecule has 0 N–H and O–H groups in total. The predicted octanol–water partition coefficient (Wildman–Crippen LogP) is 2.66. The van der Waals surface area contributed by atoms with Gasteiger partial charge >= 0.3 is 0 Å². The van der Waals surface area contributed by atoms with Crippen molar-refractivity contribution in [3.8, 4) is 0 Å². The number of hydrogen-bond acceptors (Lipinski definition) is 3. The normalized spacial score (nSPS) is 10.0. The van der Waals surface area contributed by atoms with Gasteiger partial charge in [0, 0.05) is 25.0 Å². The fraction of sp³-hybridized carbons (Fsp3) is 0.400. The van der Waals surface area contributed by atoms with Crippen molar-refractivity contribution < 1.29 is 4.92 Å². The van der Waals surface area contributed by atoms with Crippen LogP contribution in [0.25, 0.3) is 0 Å². The fourth-order valence-corrected chi connectivity index (χ4v) is 1.64. The van der Waals surface area contributed by atoms with Gasteiger partial charge in [-0.2, -0.15) is 0 Å². The average Bonchev–Trinajstić information content (AvgIpc) is 2.26. The van der Waals surface area contributed by atoms with Gasteiger partial charge in [0.05, 0.1) is 4.92 Å². The Morgan fingerprint density at radius 2 is 2.13 bits per heavy atom. The van der Waals surface area contributed by atoms with E-state index in [9.17, 15) is 10.1 Å². The minimum Gasteiger partial charge on any atom is -0.365 e. The number of hydrogen-bond donors (Lipinski definition) is 0. The van der Waals surface area contributed by atoms with E-state index in [1.165, 1.54) is 6.07 Å². The van der Waals surface area contributed by atoms with Crippen molar-refractivity contribution in [2.75, 3.05) is 23.9 Å². The maximum atomic E-state index is 10.8. The highest BCUT2D eigenvalue weighted by Gasteiger charge is 2.16. The van der Waals surface area contributed by atoms with Gasteiger partial charge in [-0.1, -0.05) is 12.1 Å². The molecule has 15 heavy (non-hydrogen) atoms. The molecule has 0 aromatic heterocycles. The van der Waals surface area contributed by atoms with Crippen LogP contribution in [0.1, 0.15) is 6.92 Å². The molecule has 0 aliphatic rings. The summed E-state index contributed by atoms with van der Waals surface area (Å²) in [5.74, 6) is 0.458. The zero-order valence-electron chi connectivity index (χ0n) is 8.52. The van der Waals surface area contributed by atoms with Crippen LogP contribution in [0.4, 0.5) is 11.4 Å². The third-order valence-corrected chi connectivity index (χ3v) is 2.32. The number of anilines is 1. The van der Waals surface area contributed by atoms with Crippen LogP contribution in [0.3, 0.4) is 0 Å². The Morgan fingerprint density at radius 3 is 2.67 bits per heavy atom.